The molecule has 29 heavy (non-hydrogen) atoms. The molecule has 158 valence electrons. The van der Waals surface area contributed by atoms with Crippen molar-refractivity contribution in [2.75, 3.05) is 26.0 Å². The van der Waals surface area contributed by atoms with Crippen molar-refractivity contribution < 1.29 is 19.4 Å². The lowest BCUT2D eigenvalue weighted by atomic mass is 10.1. The van der Waals surface area contributed by atoms with E-state index in [-0.39, 0.29) is 0 Å². The zero-order chi connectivity index (χ0) is 21.4. The zero-order valence-electron chi connectivity index (χ0n) is 17.0. The lowest BCUT2D eigenvalue weighted by Crippen LogP contribution is -2.34. The minimum Gasteiger partial charge on any atom is -0.436 e. The van der Waals surface area contributed by atoms with Crippen molar-refractivity contribution in [2.45, 2.75) is 31.5 Å². The Hall–Kier alpha value is -2.91. The highest BCUT2D eigenvalue weighted by atomic mass is 16.6. The zero-order valence-corrected chi connectivity index (χ0v) is 17.0. The van der Waals surface area contributed by atoms with Crippen LogP contribution in [0.4, 0.5) is 10.5 Å². The number of unbranched alkanes of at least 4 members (excludes halogenated alkanes) is 1. The first kappa shape index (κ1) is 22.4. The molecular weight excluding hydrogens is 374 g/mol. The number of ether oxygens (including phenoxy) is 1. The molecule has 9 nitrogen and oxygen atoms in total. The highest BCUT2D eigenvalue weighted by molar-refractivity contribution is 5.95. The van der Waals surface area contributed by atoms with Gasteiger partial charge >= 0.3 is 6.09 Å². The number of aliphatic hydroxyl groups excluding tert-OH is 1. The van der Waals surface area contributed by atoms with Crippen LogP contribution >= 0.6 is 0 Å². The Labute approximate surface area is 170 Å². The number of aromatic nitrogens is 2. The molecule has 0 bridgehead atoms. The van der Waals surface area contributed by atoms with Gasteiger partial charge in [-0.05, 0) is 63.7 Å². The maximum absolute atomic E-state index is 12.5. The van der Waals surface area contributed by atoms with Crippen molar-refractivity contribution in [1.29, 1.82) is 0 Å². The predicted octanol–water partition coefficient (Wildman–Crippen LogP) is 1.64. The van der Waals surface area contributed by atoms with Gasteiger partial charge in [-0.2, -0.15) is 5.10 Å². The summed E-state index contributed by atoms with van der Waals surface area (Å²) in [5.74, 6) is -0.436. The monoisotopic (exact) mass is 403 g/mol. The van der Waals surface area contributed by atoms with E-state index in [2.05, 4.69) is 10.4 Å². The molecule has 0 fully saturated rings. The molecule has 1 aromatic heterocycles. The molecule has 9 heteroatoms. The van der Waals surface area contributed by atoms with Crippen LogP contribution in [0.25, 0.3) is 0 Å². The van der Waals surface area contributed by atoms with Crippen molar-refractivity contribution in [1.82, 2.24) is 14.7 Å². The Bertz CT molecular complexity index is 803. The maximum atomic E-state index is 12.5. The molecule has 0 aliphatic rings. The highest BCUT2D eigenvalue weighted by Crippen LogP contribution is 2.23. The third-order valence-corrected chi connectivity index (χ3v) is 4.51. The molecule has 0 saturated carbocycles. The molecule has 2 atom stereocenters. The van der Waals surface area contributed by atoms with E-state index in [1.807, 2.05) is 19.0 Å². The molecule has 2 rings (SSSR count). The quantitative estimate of drug-likeness (QED) is 0.518. The topological polar surface area (TPSA) is 123 Å². The first-order valence-electron chi connectivity index (χ1n) is 9.45. The smallest absolute Gasteiger partial charge is 0.405 e. The van der Waals surface area contributed by atoms with E-state index in [9.17, 15) is 14.7 Å². The van der Waals surface area contributed by atoms with E-state index in [0.717, 1.165) is 19.4 Å². The lowest BCUT2D eigenvalue weighted by molar-refractivity contribution is -0.124. The second kappa shape index (κ2) is 10.6. The summed E-state index contributed by atoms with van der Waals surface area (Å²) in [7, 11) is 5.70. The van der Waals surface area contributed by atoms with Crippen LogP contribution in [-0.4, -0.2) is 58.5 Å². The summed E-state index contributed by atoms with van der Waals surface area (Å²) in [6.45, 7) is 0.880. The maximum Gasteiger partial charge on any atom is 0.405 e. The Morgan fingerprint density at radius 3 is 2.48 bits per heavy atom. The van der Waals surface area contributed by atoms with E-state index in [0.29, 0.717) is 23.4 Å². The normalized spacial score (nSPS) is 13.1. The molecule has 0 saturated heterocycles. The van der Waals surface area contributed by atoms with Crippen molar-refractivity contribution in [3.05, 3.63) is 47.8 Å². The van der Waals surface area contributed by atoms with Gasteiger partial charge in [0, 0.05) is 18.9 Å². The van der Waals surface area contributed by atoms with E-state index in [1.54, 1.807) is 48.3 Å². The number of nitrogens with two attached hydrogens (primary N) is 1. The average Bonchev–Trinajstić information content (AvgIpc) is 3.09. The van der Waals surface area contributed by atoms with Gasteiger partial charge in [-0.3, -0.25) is 9.48 Å². The van der Waals surface area contributed by atoms with Gasteiger partial charge in [0.2, 0.25) is 0 Å². The minimum atomic E-state index is -0.979. The first-order chi connectivity index (χ1) is 13.8. The fourth-order valence-electron chi connectivity index (χ4n) is 2.94. The molecule has 2 amide bonds. The minimum absolute atomic E-state index is 0.389. The van der Waals surface area contributed by atoms with E-state index >= 15 is 0 Å². The van der Waals surface area contributed by atoms with Crippen LogP contribution in [0.15, 0.2) is 36.5 Å². The Morgan fingerprint density at radius 2 is 1.93 bits per heavy atom. The van der Waals surface area contributed by atoms with Crippen LogP contribution in [-0.2, 0) is 16.6 Å². The molecule has 4 N–H and O–H groups in total. The van der Waals surface area contributed by atoms with Gasteiger partial charge in [-0.1, -0.05) is 12.1 Å². The summed E-state index contributed by atoms with van der Waals surface area (Å²) >= 11 is 0. The molecule has 1 unspecified atom stereocenters. The molecule has 0 aliphatic heterocycles. The molecular formula is C20H29N5O4. The van der Waals surface area contributed by atoms with E-state index < -0.39 is 24.2 Å². The van der Waals surface area contributed by atoms with Gasteiger partial charge in [0.1, 0.15) is 6.10 Å². The third kappa shape index (κ3) is 6.88. The average molecular weight is 403 g/mol. The number of aryl methyl sites for hydroxylation is 1. The van der Waals surface area contributed by atoms with Crippen LogP contribution in [0.2, 0.25) is 0 Å². The summed E-state index contributed by atoms with van der Waals surface area (Å²) in [5.41, 5.74) is 6.96. The van der Waals surface area contributed by atoms with Crippen LogP contribution in [0.1, 0.15) is 36.6 Å². The van der Waals surface area contributed by atoms with Crippen molar-refractivity contribution in [3.63, 3.8) is 0 Å². The largest absolute Gasteiger partial charge is 0.436 e. The van der Waals surface area contributed by atoms with Crippen molar-refractivity contribution in [2.24, 2.45) is 12.8 Å². The molecule has 1 aromatic carbocycles. The van der Waals surface area contributed by atoms with Gasteiger partial charge in [0.05, 0.1) is 5.69 Å². The highest BCUT2D eigenvalue weighted by Gasteiger charge is 2.22. The molecule has 0 aliphatic carbocycles. The molecule has 0 radical (unpaired) electrons. The number of primary amides is 1. The third-order valence-electron chi connectivity index (χ3n) is 4.51. The standard InChI is InChI=1S/C20H29N5O4/c1-24(2)13-5-4-6-17(29-20(21)28)19(27)23-15-9-7-14(8-10-15)18(26)16-11-12-22-25(16)3/h7-12,17-18,26H,4-6,13H2,1-3H3,(H2,21,28)(H,23,27)/t17-,18?/m0/s1. The van der Waals surface area contributed by atoms with Gasteiger partial charge in [0.15, 0.2) is 6.10 Å². The number of benzene rings is 1. The van der Waals surface area contributed by atoms with E-state index in [1.165, 1.54) is 0 Å². The lowest BCUT2D eigenvalue weighted by Gasteiger charge is -2.17. The number of carbonyl (C=O) groups excluding carboxylic acids is 2. The van der Waals surface area contributed by atoms with Gasteiger partial charge < -0.3 is 25.8 Å². The van der Waals surface area contributed by atoms with E-state index in [4.69, 9.17) is 10.5 Å². The Balaban J connectivity index is 1.97. The van der Waals surface area contributed by atoms with Gasteiger partial charge in [0.25, 0.3) is 5.91 Å². The summed E-state index contributed by atoms with van der Waals surface area (Å²) in [5, 5.41) is 17.2. The summed E-state index contributed by atoms with van der Waals surface area (Å²) in [4.78, 5) is 25.7. The number of rotatable bonds is 10. The number of amides is 2. The van der Waals surface area contributed by atoms with Crippen molar-refractivity contribution in [3.8, 4) is 0 Å². The van der Waals surface area contributed by atoms with Crippen LogP contribution in [0.5, 0.6) is 0 Å². The fraction of sp³-hybridized carbons (Fsp3) is 0.450. The number of hydrogen-bond acceptors (Lipinski definition) is 6. The first-order valence-corrected chi connectivity index (χ1v) is 9.45. The molecule has 2 aromatic rings. The summed E-state index contributed by atoms with van der Waals surface area (Å²) < 4.78 is 6.58. The molecule has 0 spiro atoms. The second-order valence-electron chi connectivity index (χ2n) is 7.12. The van der Waals surface area contributed by atoms with Gasteiger partial charge in [-0.25, -0.2) is 4.79 Å². The SMILES string of the molecule is CN(C)CCCC[C@H](OC(N)=O)C(=O)Nc1ccc(C(O)c2ccnn2C)cc1. The summed E-state index contributed by atoms with van der Waals surface area (Å²) in [6.07, 6.45) is 0.847. The fourth-order valence-corrected chi connectivity index (χ4v) is 2.94. The Morgan fingerprint density at radius 1 is 1.24 bits per heavy atom. The number of nitrogens with zero attached hydrogens (tertiary/aromatic N) is 3. The molecule has 1 heterocycles. The summed E-state index contributed by atoms with van der Waals surface area (Å²) in [6, 6.07) is 8.53. The van der Waals surface area contributed by atoms with Crippen LogP contribution < -0.4 is 11.1 Å². The number of hydrogen-bond donors (Lipinski definition) is 3. The number of anilines is 1. The number of aliphatic hydroxyl groups is 1. The predicted molar refractivity (Wildman–Crippen MR) is 109 cm³/mol. The van der Waals surface area contributed by atoms with Crippen LogP contribution in [0, 0.1) is 0 Å². The van der Waals surface area contributed by atoms with Gasteiger partial charge in [-0.15, -0.1) is 0 Å². The van der Waals surface area contributed by atoms with Crippen LogP contribution in [0.3, 0.4) is 0 Å². The number of nitrogens with one attached hydrogen (secondary N) is 1. The number of carbonyl (C=O) groups is 2. The van der Waals surface area contributed by atoms with Crippen molar-refractivity contribution >= 4 is 17.7 Å². The second-order valence-corrected chi connectivity index (χ2v) is 7.12. The Kier molecular flexibility index (Phi) is 8.17.